The van der Waals surface area contributed by atoms with Crippen molar-refractivity contribution in [3.05, 3.63) is 0 Å². The van der Waals surface area contributed by atoms with Crippen LogP contribution < -0.4 is 5.54 Å². The molecule has 0 rings (SSSR count). The molecule has 1 unspecified atom stereocenters. The summed E-state index contributed by atoms with van der Waals surface area (Å²) in [5, 5.41) is 0. The fraction of sp³-hybridized carbons (Fsp3) is 1.00. The second-order valence-corrected chi connectivity index (χ2v) is 1.09. The summed E-state index contributed by atoms with van der Waals surface area (Å²) in [5.74, 6) is 0. The maximum absolute atomic E-state index is 10.8. The van der Waals surface area contributed by atoms with Gasteiger partial charge in [-0.1, -0.05) is 0 Å². The molecule has 0 aliphatic heterocycles. The number of rotatable bonds is 3. The van der Waals surface area contributed by atoms with E-state index in [1.165, 1.54) is 5.54 Å². The van der Waals surface area contributed by atoms with Crippen molar-refractivity contribution in [3.63, 3.8) is 0 Å². The summed E-state index contributed by atoms with van der Waals surface area (Å²) in [6, 6.07) is 0. The molecule has 0 saturated heterocycles. The van der Waals surface area contributed by atoms with E-state index in [2.05, 4.69) is 4.52 Å². The van der Waals surface area contributed by atoms with Gasteiger partial charge in [-0.25, -0.2) is 0 Å². The van der Waals surface area contributed by atoms with Crippen LogP contribution in [-0.2, 0) is 4.52 Å². The average Bonchev–Trinajstić information content (AvgIpc) is 1.61. The van der Waals surface area contributed by atoms with E-state index < -0.39 is 0 Å². The van der Waals surface area contributed by atoms with Crippen molar-refractivity contribution >= 4 is 9.47 Å². The lowest BCUT2D eigenvalue weighted by Gasteiger charge is -1.88. The summed E-state index contributed by atoms with van der Waals surface area (Å²) in [5.41, 5.74) is 1.43. The summed E-state index contributed by atoms with van der Waals surface area (Å²) >= 11 is 0. The highest BCUT2D eigenvalue weighted by Crippen LogP contribution is 1.79. The molecule has 0 fully saturated rings. The molecule has 0 aromatic carbocycles. The van der Waals surface area contributed by atoms with Crippen LogP contribution in [0.1, 0.15) is 0 Å². The van der Waals surface area contributed by atoms with Crippen molar-refractivity contribution in [2.24, 2.45) is 0 Å². The lowest BCUT2D eigenvalue weighted by Crippen LogP contribution is -2.06. The van der Waals surface area contributed by atoms with Crippen LogP contribution in [0, 0.1) is 0 Å². The van der Waals surface area contributed by atoms with Gasteiger partial charge in [0.2, 0.25) is 0 Å². The van der Waals surface area contributed by atoms with Gasteiger partial charge in [-0.05, 0) is 0 Å². The highest BCUT2D eigenvalue weighted by Gasteiger charge is 1.75. The summed E-state index contributed by atoms with van der Waals surface area (Å²) in [7, 11) is 2.02. The first-order valence-corrected chi connectivity index (χ1v) is 2.04. The van der Waals surface area contributed by atoms with E-state index in [0.29, 0.717) is 6.61 Å². The molecule has 0 radical (unpaired) electrons. The molecule has 0 amide bonds. The van der Waals surface area contributed by atoms with E-state index >= 15 is 0 Å². The molecule has 0 aromatic heterocycles. The molecule has 4 heteroatoms. The lowest BCUT2D eigenvalue weighted by atomic mass is 10.8. The van der Waals surface area contributed by atoms with Crippen molar-refractivity contribution in [2.45, 2.75) is 0 Å². The van der Waals surface area contributed by atoms with Crippen molar-refractivity contribution in [1.29, 1.82) is 0 Å². The Kier molecular flexibility index (Phi) is 5.53. The molecule has 0 aliphatic carbocycles. The maximum Gasteiger partial charge on any atom is 0.0652 e. The zero-order chi connectivity index (χ0) is 4.83. The van der Waals surface area contributed by atoms with E-state index in [1.807, 2.05) is 9.47 Å². The minimum absolute atomic E-state index is 0.253. The topological polar surface area (TPSA) is 21.3 Å². The fourth-order valence-corrected chi connectivity index (χ4v) is 0.215. The summed E-state index contributed by atoms with van der Waals surface area (Å²) in [6.07, 6.45) is 0. The Balaban J connectivity index is 2.34. The summed E-state index contributed by atoms with van der Waals surface area (Å²) in [4.78, 5) is 0. The molecule has 1 N–H and O–H groups in total. The Hall–Kier alpha value is 0.280. The SMILES string of the molecule is FNCCOP. The van der Waals surface area contributed by atoms with Crippen molar-refractivity contribution in [2.75, 3.05) is 13.2 Å². The van der Waals surface area contributed by atoms with Crippen LogP contribution in [0.25, 0.3) is 0 Å². The summed E-state index contributed by atoms with van der Waals surface area (Å²) in [6.45, 7) is 0.644. The van der Waals surface area contributed by atoms with E-state index in [4.69, 9.17) is 0 Å². The van der Waals surface area contributed by atoms with Crippen LogP contribution in [0.4, 0.5) is 4.48 Å². The van der Waals surface area contributed by atoms with Crippen LogP contribution >= 0.6 is 9.47 Å². The number of hydrogen-bond acceptors (Lipinski definition) is 2. The van der Waals surface area contributed by atoms with Crippen molar-refractivity contribution in [1.82, 2.24) is 5.54 Å². The van der Waals surface area contributed by atoms with Gasteiger partial charge in [0, 0.05) is 16.0 Å². The third-order valence-electron chi connectivity index (χ3n) is 0.314. The highest BCUT2D eigenvalue weighted by molar-refractivity contribution is 7.09. The molecule has 0 bridgehead atoms. The van der Waals surface area contributed by atoms with Crippen LogP contribution in [0.15, 0.2) is 0 Å². The first-order chi connectivity index (χ1) is 2.91. The second kappa shape index (κ2) is 5.28. The van der Waals surface area contributed by atoms with Gasteiger partial charge in [-0.3, -0.25) is 0 Å². The van der Waals surface area contributed by atoms with Crippen molar-refractivity contribution in [3.8, 4) is 0 Å². The molecule has 6 heavy (non-hydrogen) atoms. The standard InChI is InChI=1S/C2H7FNOP/c3-4-1-2-5-6/h4H,1-2,6H2. The molecular weight excluding hydrogens is 104 g/mol. The Labute approximate surface area is 38.3 Å². The third-order valence-corrected chi connectivity index (χ3v) is 0.550. The molecule has 0 aromatic rings. The Bertz CT molecular complexity index is 25.5. The minimum Gasteiger partial charge on any atom is -0.364 e. The quantitative estimate of drug-likeness (QED) is 0.320. The first-order valence-electron chi connectivity index (χ1n) is 1.57. The largest absolute Gasteiger partial charge is 0.364 e. The number of nitrogens with one attached hydrogen (secondary N) is 1. The molecule has 0 spiro atoms. The van der Waals surface area contributed by atoms with E-state index in [1.54, 1.807) is 0 Å². The second-order valence-electron chi connectivity index (χ2n) is 0.754. The van der Waals surface area contributed by atoms with Gasteiger partial charge in [0.25, 0.3) is 0 Å². The molecule has 0 heterocycles. The molecule has 0 saturated carbocycles. The Morgan fingerprint density at radius 2 is 2.50 bits per heavy atom. The van der Waals surface area contributed by atoms with Gasteiger partial charge >= 0.3 is 0 Å². The predicted octanol–water partition coefficient (Wildman–Crippen LogP) is 0.267. The lowest BCUT2D eigenvalue weighted by molar-refractivity contribution is 0.276. The maximum atomic E-state index is 10.8. The number of hydrogen-bond donors (Lipinski definition) is 1. The van der Waals surface area contributed by atoms with E-state index in [9.17, 15) is 4.48 Å². The predicted molar refractivity (Wildman–Crippen MR) is 24.8 cm³/mol. The summed E-state index contributed by atoms with van der Waals surface area (Å²) < 4.78 is 15.2. The zero-order valence-electron chi connectivity index (χ0n) is 3.28. The molecule has 2 nitrogen and oxygen atoms in total. The minimum atomic E-state index is 0.253. The average molecular weight is 111 g/mol. The zero-order valence-corrected chi connectivity index (χ0v) is 4.43. The first kappa shape index (κ1) is 6.28. The normalized spacial score (nSPS) is 9.00. The van der Waals surface area contributed by atoms with E-state index in [0.717, 1.165) is 0 Å². The van der Waals surface area contributed by atoms with Crippen molar-refractivity contribution < 1.29 is 9.01 Å². The Morgan fingerprint density at radius 3 is 2.67 bits per heavy atom. The van der Waals surface area contributed by atoms with Crippen LogP contribution in [0.2, 0.25) is 0 Å². The van der Waals surface area contributed by atoms with Gasteiger partial charge < -0.3 is 4.52 Å². The van der Waals surface area contributed by atoms with Gasteiger partial charge in [0.15, 0.2) is 0 Å². The fourth-order valence-electron chi connectivity index (χ4n) is 0.0975. The molecule has 0 aliphatic rings. The molecule has 38 valence electrons. The third kappa shape index (κ3) is 4.28. The van der Waals surface area contributed by atoms with E-state index in [-0.39, 0.29) is 6.54 Å². The highest BCUT2D eigenvalue weighted by atomic mass is 31.0. The van der Waals surface area contributed by atoms with Gasteiger partial charge in [0.1, 0.15) is 0 Å². The monoisotopic (exact) mass is 111 g/mol. The molecular formula is C2H7FNOP. The van der Waals surface area contributed by atoms with Gasteiger partial charge in [-0.2, -0.15) is 5.54 Å². The van der Waals surface area contributed by atoms with Crippen LogP contribution in [0.3, 0.4) is 0 Å². The van der Waals surface area contributed by atoms with Crippen LogP contribution in [-0.4, -0.2) is 13.2 Å². The van der Waals surface area contributed by atoms with Gasteiger partial charge in [-0.15, -0.1) is 4.48 Å². The smallest absolute Gasteiger partial charge is 0.0652 e. The van der Waals surface area contributed by atoms with Gasteiger partial charge in [0.05, 0.1) is 6.61 Å². The molecule has 1 atom stereocenters. The van der Waals surface area contributed by atoms with Crippen LogP contribution in [0.5, 0.6) is 0 Å². The number of halogens is 1. The Morgan fingerprint density at radius 1 is 1.83 bits per heavy atom.